The minimum atomic E-state index is 0.0942. The molecule has 0 bridgehead atoms. The first-order valence-electron chi connectivity index (χ1n) is 4.35. The van der Waals surface area contributed by atoms with Gasteiger partial charge in [-0.2, -0.15) is 0 Å². The Morgan fingerprint density at radius 3 is 2.92 bits per heavy atom. The molecule has 0 fully saturated rings. The summed E-state index contributed by atoms with van der Waals surface area (Å²) in [6.07, 6.45) is 4.35. The fourth-order valence-electron chi connectivity index (χ4n) is 1.54. The molecule has 2 nitrogen and oxygen atoms in total. The molecule has 1 radical (unpaired) electrons. The van der Waals surface area contributed by atoms with E-state index in [0.29, 0.717) is 0 Å². The zero-order chi connectivity index (χ0) is 9.26. The summed E-state index contributed by atoms with van der Waals surface area (Å²) in [6, 6.07) is 5.29. The van der Waals surface area contributed by atoms with Gasteiger partial charge >= 0.3 is 0 Å². The van der Waals surface area contributed by atoms with E-state index in [2.05, 4.69) is 4.98 Å². The minimum absolute atomic E-state index is 0.0942. The maximum atomic E-state index is 11.5. The molecule has 1 heterocycles. The standard InChI is InChI=1S/C11H10NO/c1-2-8-6-12-7-9-4-3-5-10(13)11(8)9/h3-7H,2H2,1H3. The smallest absolute Gasteiger partial charge is 0.186 e. The summed E-state index contributed by atoms with van der Waals surface area (Å²) in [5.74, 6) is 0.0942. The van der Waals surface area contributed by atoms with Crippen molar-refractivity contribution in [2.24, 2.45) is 0 Å². The van der Waals surface area contributed by atoms with Gasteiger partial charge in [0.2, 0.25) is 0 Å². The van der Waals surface area contributed by atoms with Crippen molar-refractivity contribution in [1.82, 2.24) is 4.98 Å². The number of hydrogen-bond donors (Lipinski definition) is 0. The molecule has 0 aliphatic carbocycles. The molecule has 1 aromatic carbocycles. The van der Waals surface area contributed by atoms with Crippen LogP contribution in [0.1, 0.15) is 12.5 Å². The summed E-state index contributed by atoms with van der Waals surface area (Å²) in [4.78, 5) is 4.09. The molecule has 0 unspecified atom stereocenters. The Morgan fingerprint density at radius 1 is 1.31 bits per heavy atom. The molecule has 2 heteroatoms. The highest BCUT2D eigenvalue weighted by molar-refractivity contribution is 5.90. The van der Waals surface area contributed by atoms with Crippen LogP contribution in [-0.4, -0.2) is 4.98 Å². The molecular weight excluding hydrogens is 162 g/mol. The number of hydrogen-bond acceptors (Lipinski definition) is 1. The van der Waals surface area contributed by atoms with Crippen molar-refractivity contribution in [2.75, 3.05) is 0 Å². The van der Waals surface area contributed by atoms with E-state index in [1.54, 1.807) is 24.5 Å². The Morgan fingerprint density at radius 2 is 2.15 bits per heavy atom. The number of fused-ring (bicyclic) bond motifs is 1. The van der Waals surface area contributed by atoms with Crippen molar-refractivity contribution in [3.8, 4) is 5.75 Å². The van der Waals surface area contributed by atoms with Gasteiger partial charge in [0.05, 0.1) is 0 Å². The quantitative estimate of drug-likeness (QED) is 0.650. The molecule has 0 atom stereocenters. The lowest BCUT2D eigenvalue weighted by molar-refractivity contribution is 0.360. The van der Waals surface area contributed by atoms with Crippen molar-refractivity contribution in [1.29, 1.82) is 0 Å². The first-order valence-corrected chi connectivity index (χ1v) is 4.35. The zero-order valence-electron chi connectivity index (χ0n) is 7.45. The molecule has 0 spiro atoms. The summed E-state index contributed by atoms with van der Waals surface area (Å²) in [5.41, 5.74) is 1.03. The summed E-state index contributed by atoms with van der Waals surface area (Å²) in [5, 5.41) is 13.3. The number of nitrogens with zero attached hydrogens (tertiary/aromatic N) is 1. The summed E-state index contributed by atoms with van der Waals surface area (Å²) in [6.45, 7) is 2.03. The average Bonchev–Trinajstić information content (AvgIpc) is 2.17. The zero-order valence-corrected chi connectivity index (χ0v) is 7.45. The van der Waals surface area contributed by atoms with E-state index in [4.69, 9.17) is 0 Å². The van der Waals surface area contributed by atoms with Crippen LogP contribution in [0.4, 0.5) is 0 Å². The van der Waals surface area contributed by atoms with Gasteiger partial charge in [0.1, 0.15) is 0 Å². The SMILES string of the molecule is CCc1cncc2cccc([O])c12. The molecule has 13 heavy (non-hydrogen) atoms. The number of aryl methyl sites for hydroxylation is 1. The monoisotopic (exact) mass is 172 g/mol. The third-order valence-electron chi connectivity index (χ3n) is 2.20. The van der Waals surface area contributed by atoms with Crippen molar-refractivity contribution in [3.05, 3.63) is 36.2 Å². The number of pyridine rings is 1. The molecule has 0 aliphatic rings. The van der Waals surface area contributed by atoms with E-state index in [-0.39, 0.29) is 5.75 Å². The first-order chi connectivity index (χ1) is 6.33. The molecule has 65 valence electrons. The van der Waals surface area contributed by atoms with Gasteiger partial charge in [-0.15, -0.1) is 0 Å². The van der Waals surface area contributed by atoms with Gasteiger partial charge in [-0.1, -0.05) is 19.1 Å². The molecule has 0 amide bonds. The molecule has 2 aromatic rings. The van der Waals surface area contributed by atoms with E-state index in [1.807, 2.05) is 13.0 Å². The summed E-state index contributed by atoms with van der Waals surface area (Å²) < 4.78 is 0. The van der Waals surface area contributed by atoms with E-state index in [9.17, 15) is 5.11 Å². The predicted molar refractivity (Wildman–Crippen MR) is 51.3 cm³/mol. The van der Waals surface area contributed by atoms with Crippen LogP contribution < -0.4 is 0 Å². The molecule has 0 saturated heterocycles. The second-order valence-electron chi connectivity index (χ2n) is 3.01. The lowest BCUT2D eigenvalue weighted by Crippen LogP contribution is -1.85. The van der Waals surface area contributed by atoms with Crippen LogP contribution in [0.2, 0.25) is 0 Å². The number of aromatic nitrogens is 1. The van der Waals surface area contributed by atoms with Gasteiger partial charge in [-0.25, -0.2) is 0 Å². The van der Waals surface area contributed by atoms with E-state index >= 15 is 0 Å². The van der Waals surface area contributed by atoms with Crippen LogP contribution in [0.15, 0.2) is 30.6 Å². The highest BCUT2D eigenvalue weighted by Gasteiger charge is 2.04. The van der Waals surface area contributed by atoms with E-state index < -0.39 is 0 Å². The molecular formula is C11H10NO. The van der Waals surface area contributed by atoms with Crippen molar-refractivity contribution < 1.29 is 5.11 Å². The average molecular weight is 172 g/mol. The van der Waals surface area contributed by atoms with Gasteiger partial charge in [0, 0.05) is 23.2 Å². The Labute approximate surface area is 76.9 Å². The lowest BCUT2D eigenvalue weighted by atomic mass is 10.1. The van der Waals surface area contributed by atoms with Gasteiger partial charge in [0.15, 0.2) is 5.75 Å². The van der Waals surface area contributed by atoms with Crippen LogP contribution in [0.25, 0.3) is 10.8 Å². The molecule has 0 N–H and O–H groups in total. The summed E-state index contributed by atoms with van der Waals surface area (Å²) in [7, 11) is 0. The molecule has 2 rings (SSSR count). The first kappa shape index (κ1) is 8.05. The Kier molecular flexibility index (Phi) is 1.89. The maximum Gasteiger partial charge on any atom is 0.186 e. The fraction of sp³-hybridized carbons (Fsp3) is 0.182. The largest absolute Gasteiger partial charge is 0.289 e. The Hall–Kier alpha value is -1.57. The lowest BCUT2D eigenvalue weighted by Gasteiger charge is -2.02. The Bertz CT molecular complexity index is 432. The number of benzene rings is 1. The van der Waals surface area contributed by atoms with Gasteiger partial charge in [0.25, 0.3) is 0 Å². The minimum Gasteiger partial charge on any atom is -0.289 e. The van der Waals surface area contributed by atoms with Gasteiger partial charge in [-0.3, -0.25) is 10.1 Å². The third-order valence-corrected chi connectivity index (χ3v) is 2.20. The van der Waals surface area contributed by atoms with E-state index in [0.717, 1.165) is 22.8 Å². The fourth-order valence-corrected chi connectivity index (χ4v) is 1.54. The second kappa shape index (κ2) is 3.05. The second-order valence-corrected chi connectivity index (χ2v) is 3.01. The third kappa shape index (κ3) is 1.24. The highest BCUT2D eigenvalue weighted by atomic mass is 16.3. The topological polar surface area (TPSA) is 32.8 Å². The molecule has 0 aliphatic heterocycles. The highest BCUT2D eigenvalue weighted by Crippen LogP contribution is 2.27. The van der Waals surface area contributed by atoms with Crippen LogP contribution >= 0.6 is 0 Å². The predicted octanol–water partition coefficient (Wildman–Crippen LogP) is 2.94. The Balaban J connectivity index is 2.87. The van der Waals surface area contributed by atoms with E-state index in [1.165, 1.54) is 0 Å². The maximum absolute atomic E-state index is 11.5. The normalized spacial score (nSPS) is 10.5. The van der Waals surface area contributed by atoms with Crippen molar-refractivity contribution >= 4 is 10.8 Å². The van der Waals surface area contributed by atoms with Crippen molar-refractivity contribution in [3.63, 3.8) is 0 Å². The van der Waals surface area contributed by atoms with Crippen LogP contribution in [0.3, 0.4) is 0 Å². The van der Waals surface area contributed by atoms with Crippen molar-refractivity contribution in [2.45, 2.75) is 13.3 Å². The summed E-state index contributed by atoms with van der Waals surface area (Å²) >= 11 is 0. The van der Waals surface area contributed by atoms with Crippen LogP contribution in [0.5, 0.6) is 5.75 Å². The molecule has 1 aromatic heterocycles. The van der Waals surface area contributed by atoms with Crippen LogP contribution in [0, 0.1) is 0 Å². The molecule has 0 saturated carbocycles. The van der Waals surface area contributed by atoms with Crippen LogP contribution in [-0.2, 0) is 11.5 Å². The number of rotatable bonds is 1. The van der Waals surface area contributed by atoms with Gasteiger partial charge in [-0.05, 0) is 18.1 Å². The van der Waals surface area contributed by atoms with Gasteiger partial charge < -0.3 is 0 Å².